The van der Waals surface area contributed by atoms with Crippen molar-refractivity contribution in [3.05, 3.63) is 29.3 Å². The van der Waals surface area contributed by atoms with E-state index in [2.05, 4.69) is 0 Å². The Balaban J connectivity index is 3.03. The van der Waals surface area contributed by atoms with E-state index in [1.165, 1.54) is 19.2 Å². The first-order valence-electron chi connectivity index (χ1n) is 4.83. The number of carbonyl (C=O) groups excluding carboxylic acids is 1. The minimum Gasteiger partial charge on any atom is -0.480 e. The largest absolute Gasteiger partial charge is 0.480 e. The van der Waals surface area contributed by atoms with Crippen molar-refractivity contribution in [3.8, 4) is 0 Å². The molecule has 0 saturated carbocycles. The van der Waals surface area contributed by atoms with Crippen LogP contribution in [0.25, 0.3) is 0 Å². The lowest BCUT2D eigenvalue weighted by molar-refractivity contribution is -0.157. The van der Waals surface area contributed by atoms with E-state index in [0.717, 1.165) is 4.90 Å². The summed E-state index contributed by atoms with van der Waals surface area (Å²) >= 11 is 5.73. The molecule has 2 N–H and O–H groups in total. The summed E-state index contributed by atoms with van der Waals surface area (Å²) in [5, 5.41) is 17.8. The van der Waals surface area contributed by atoms with E-state index >= 15 is 0 Å². The van der Waals surface area contributed by atoms with Crippen LogP contribution < -0.4 is 4.90 Å². The number of carboxylic acids is 2. The van der Waals surface area contributed by atoms with Gasteiger partial charge in [-0.3, -0.25) is 14.4 Å². The van der Waals surface area contributed by atoms with Crippen molar-refractivity contribution in [2.75, 3.05) is 11.9 Å². The molecule has 0 aliphatic carbocycles. The summed E-state index contributed by atoms with van der Waals surface area (Å²) in [6.07, 6.45) is 0. The lowest BCUT2D eigenvalue weighted by Crippen LogP contribution is -2.41. The Kier molecular flexibility index (Phi) is 4.28. The summed E-state index contributed by atoms with van der Waals surface area (Å²) in [4.78, 5) is 34.2. The van der Waals surface area contributed by atoms with Gasteiger partial charge < -0.3 is 15.1 Å². The van der Waals surface area contributed by atoms with E-state index in [9.17, 15) is 14.4 Å². The fourth-order valence-electron chi connectivity index (χ4n) is 1.32. The van der Waals surface area contributed by atoms with Gasteiger partial charge in [-0.25, -0.2) is 0 Å². The Morgan fingerprint density at radius 2 is 1.78 bits per heavy atom. The smallest absolute Gasteiger partial charge is 0.327 e. The van der Waals surface area contributed by atoms with Crippen molar-refractivity contribution in [1.82, 2.24) is 0 Å². The first-order valence-corrected chi connectivity index (χ1v) is 5.21. The van der Waals surface area contributed by atoms with E-state index < -0.39 is 23.8 Å². The van der Waals surface area contributed by atoms with E-state index in [0.29, 0.717) is 10.7 Å². The number of aliphatic carboxylic acids is 2. The lowest BCUT2D eigenvalue weighted by atomic mass is 10.1. The van der Waals surface area contributed by atoms with Gasteiger partial charge >= 0.3 is 11.9 Å². The zero-order valence-electron chi connectivity index (χ0n) is 9.33. The van der Waals surface area contributed by atoms with Crippen LogP contribution in [0.2, 0.25) is 5.02 Å². The van der Waals surface area contributed by atoms with Crippen LogP contribution in [-0.4, -0.2) is 35.1 Å². The minimum atomic E-state index is -2.13. The number of rotatable bonds is 4. The Morgan fingerprint density at radius 3 is 2.22 bits per heavy atom. The molecule has 7 heteroatoms. The molecule has 96 valence electrons. The van der Waals surface area contributed by atoms with Crippen LogP contribution in [0.15, 0.2) is 24.3 Å². The van der Waals surface area contributed by atoms with Gasteiger partial charge in [-0.2, -0.15) is 0 Å². The molecule has 0 bridgehead atoms. The molecule has 0 saturated heterocycles. The van der Waals surface area contributed by atoms with Crippen molar-refractivity contribution in [2.45, 2.75) is 0 Å². The van der Waals surface area contributed by atoms with Crippen LogP contribution in [0.5, 0.6) is 0 Å². The molecule has 6 nitrogen and oxygen atoms in total. The maximum atomic E-state index is 11.8. The summed E-state index contributed by atoms with van der Waals surface area (Å²) < 4.78 is 0. The number of carboxylic acid groups (broad SMARTS) is 2. The van der Waals surface area contributed by atoms with Gasteiger partial charge in [0.25, 0.3) is 5.91 Å². The molecule has 0 unspecified atom stereocenters. The molecule has 0 aromatic heterocycles. The highest BCUT2D eigenvalue weighted by Gasteiger charge is 2.36. The molecule has 0 aliphatic heterocycles. The fourth-order valence-corrected chi connectivity index (χ4v) is 1.51. The molecular weight excluding hydrogens is 262 g/mol. The van der Waals surface area contributed by atoms with Crippen molar-refractivity contribution < 1.29 is 24.6 Å². The van der Waals surface area contributed by atoms with Gasteiger partial charge in [0.2, 0.25) is 5.92 Å². The fraction of sp³-hybridized carbons (Fsp3) is 0.182. The highest BCUT2D eigenvalue weighted by molar-refractivity contribution is 6.31. The van der Waals surface area contributed by atoms with Crippen LogP contribution in [0.4, 0.5) is 5.69 Å². The molecule has 0 heterocycles. The lowest BCUT2D eigenvalue weighted by Gasteiger charge is -2.19. The number of benzene rings is 1. The van der Waals surface area contributed by atoms with Crippen LogP contribution in [0.3, 0.4) is 0 Å². The zero-order chi connectivity index (χ0) is 13.9. The quantitative estimate of drug-likeness (QED) is 0.799. The highest BCUT2D eigenvalue weighted by atomic mass is 35.5. The topological polar surface area (TPSA) is 94.9 Å². The first kappa shape index (κ1) is 14.0. The summed E-state index contributed by atoms with van der Waals surface area (Å²) in [6, 6.07) is 6.10. The molecule has 1 aromatic carbocycles. The Morgan fingerprint density at radius 1 is 1.22 bits per heavy atom. The molecule has 1 aromatic rings. The van der Waals surface area contributed by atoms with E-state index in [1.54, 1.807) is 12.1 Å². The van der Waals surface area contributed by atoms with Gasteiger partial charge in [-0.05, 0) is 18.2 Å². The SMILES string of the molecule is CN(C(=O)C(C(=O)O)C(=O)O)c1cccc(Cl)c1. The average molecular weight is 272 g/mol. The second-order valence-corrected chi connectivity index (χ2v) is 3.92. The standard InChI is InChI=1S/C11H10ClNO5/c1-13(7-4-2-3-6(12)5-7)9(14)8(10(15)16)11(17)18/h2-5,8H,1H3,(H,15,16)(H,17,18). The summed E-state index contributed by atoms with van der Waals surface area (Å²) in [5.74, 6) is -6.59. The molecule has 0 spiro atoms. The summed E-state index contributed by atoms with van der Waals surface area (Å²) in [7, 11) is 1.28. The normalized spacial score (nSPS) is 10.2. The van der Waals surface area contributed by atoms with Gasteiger partial charge in [0.15, 0.2) is 0 Å². The predicted molar refractivity (Wildman–Crippen MR) is 63.6 cm³/mol. The number of halogens is 1. The maximum Gasteiger partial charge on any atom is 0.327 e. The Hall–Kier alpha value is -2.08. The second kappa shape index (κ2) is 5.50. The van der Waals surface area contributed by atoms with Crippen molar-refractivity contribution in [2.24, 2.45) is 5.92 Å². The van der Waals surface area contributed by atoms with E-state index in [4.69, 9.17) is 21.8 Å². The Labute approximate surface area is 107 Å². The van der Waals surface area contributed by atoms with E-state index in [-0.39, 0.29) is 0 Å². The molecule has 0 atom stereocenters. The minimum absolute atomic E-state index is 0.319. The first-order chi connectivity index (χ1) is 8.34. The summed E-state index contributed by atoms with van der Waals surface area (Å²) in [5.41, 5.74) is 0.319. The van der Waals surface area contributed by atoms with Crippen molar-refractivity contribution in [1.29, 1.82) is 0 Å². The average Bonchev–Trinajstić information content (AvgIpc) is 2.26. The van der Waals surface area contributed by atoms with Gasteiger partial charge in [0.05, 0.1) is 0 Å². The van der Waals surface area contributed by atoms with Crippen LogP contribution in [-0.2, 0) is 14.4 Å². The van der Waals surface area contributed by atoms with E-state index in [1.807, 2.05) is 0 Å². The number of hydrogen-bond acceptors (Lipinski definition) is 3. The maximum absolute atomic E-state index is 11.8. The zero-order valence-corrected chi connectivity index (χ0v) is 10.1. The third kappa shape index (κ3) is 2.98. The number of amides is 1. The Bertz CT molecular complexity index is 488. The van der Waals surface area contributed by atoms with Gasteiger partial charge in [0, 0.05) is 17.8 Å². The molecule has 1 rings (SSSR count). The molecule has 0 radical (unpaired) electrons. The number of hydrogen-bond donors (Lipinski definition) is 2. The number of nitrogens with zero attached hydrogens (tertiary/aromatic N) is 1. The molecule has 1 amide bonds. The van der Waals surface area contributed by atoms with Gasteiger partial charge in [0.1, 0.15) is 0 Å². The monoisotopic (exact) mass is 271 g/mol. The van der Waals surface area contributed by atoms with Gasteiger partial charge in [-0.1, -0.05) is 17.7 Å². The third-order valence-corrected chi connectivity index (χ3v) is 2.50. The molecular formula is C11H10ClNO5. The number of anilines is 1. The highest BCUT2D eigenvalue weighted by Crippen LogP contribution is 2.20. The van der Waals surface area contributed by atoms with Gasteiger partial charge in [-0.15, -0.1) is 0 Å². The molecule has 0 aliphatic rings. The van der Waals surface area contributed by atoms with Crippen molar-refractivity contribution in [3.63, 3.8) is 0 Å². The van der Waals surface area contributed by atoms with Crippen LogP contribution in [0, 0.1) is 5.92 Å². The predicted octanol–water partition coefficient (Wildman–Crippen LogP) is 1.09. The third-order valence-electron chi connectivity index (χ3n) is 2.27. The number of carbonyl (C=O) groups is 3. The van der Waals surface area contributed by atoms with Crippen molar-refractivity contribution >= 4 is 35.1 Å². The second-order valence-electron chi connectivity index (χ2n) is 3.49. The molecule has 0 fully saturated rings. The van der Waals surface area contributed by atoms with Crippen LogP contribution >= 0.6 is 11.6 Å². The molecule has 18 heavy (non-hydrogen) atoms. The van der Waals surface area contributed by atoms with Crippen LogP contribution in [0.1, 0.15) is 0 Å². The summed E-state index contributed by atoms with van der Waals surface area (Å²) in [6.45, 7) is 0.